The highest BCUT2D eigenvalue weighted by Gasteiger charge is 2.37. The molecular formula is C32H53N3O6. The van der Waals surface area contributed by atoms with Crippen molar-refractivity contribution in [2.45, 2.75) is 119 Å². The van der Waals surface area contributed by atoms with Gasteiger partial charge in [0.25, 0.3) is 0 Å². The highest BCUT2D eigenvalue weighted by atomic mass is 16.6. The standard InChI is InChI=1S/C32H53N3O6/c1-10-12-13-14-20-35(30(38)25(21-22(3)4)34-31(39)41-32(7,8)9)28(27-23(5)16-15-17-24(27)6)29(37)33-19-18-26(36)40-11-2/h15-17,22,25,28H,10-14,18-21H2,1-9H3,(H,33,37)(H,34,39). The fraction of sp³-hybridized carbons (Fsp3) is 0.688. The molecule has 0 saturated heterocycles. The van der Waals surface area contributed by atoms with Gasteiger partial charge in [-0.2, -0.15) is 0 Å². The molecule has 9 heteroatoms. The highest BCUT2D eigenvalue weighted by molar-refractivity contribution is 5.92. The number of esters is 1. The van der Waals surface area contributed by atoms with E-state index in [1.807, 2.05) is 45.9 Å². The van der Waals surface area contributed by atoms with E-state index in [2.05, 4.69) is 17.6 Å². The number of benzene rings is 1. The van der Waals surface area contributed by atoms with Crippen LogP contribution in [0.3, 0.4) is 0 Å². The average Bonchev–Trinajstić information content (AvgIpc) is 2.85. The summed E-state index contributed by atoms with van der Waals surface area (Å²) in [5.74, 6) is -1.02. The average molecular weight is 576 g/mol. The summed E-state index contributed by atoms with van der Waals surface area (Å²) in [5, 5.41) is 5.66. The molecule has 0 aliphatic rings. The molecule has 2 unspecified atom stereocenters. The van der Waals surface area contributed by atoms with E-state index < -0.39 is 29.7 Å². The molecule has 0 bridgehead atoms. The Labute approximate surface area is 247 Å². The van der Waals surface area contributed by atoms with Gasteiger partial charge < -0.3 is 25.0 Å². The topological polar surface area (TPSA) is 114 Å². The van der Waals surface area contributed by atoms with E-state index in [9.17, 15) is 19.2 Å². The molecule has 0 fully saturated rings. The zero-order valence-corrected chi connectivity index (χ0v) is 26.7. The molecule has 3 amide bonds. The first-order chi connectivity index (χ1) is 19.2. The summed E-state index contributed by atoms with van der Waals surface area (Å²) >= 11 is 0. The molecule has 0 aromatic heterocycles. The number of aryl methyl sites for hydroxylation is 2. The van der Waals surface area contributed by atoms with Gasteiger partial charge in [-0.3, -0.25) is 14.4 Å². The van der Waals surface area contributed by atoms with Crippen molar-refractivity contribution >= 4 is 23.9 Å². The van der Waals surface area contributed by atoms with Crippen LogP contribution in [0.15, 0.2) is 18.2 Å². The van der Waals surface area contributed by atoms with Crippen LogP contribution in [0.4, 0.5) is 4.79 Å². The minimum absolute atomic E-state index is 0.0275. The molecule has 41 heavy (non-hydrogen) atoms. The number of rotatable bonds is 16. The van der Waals surface area contributed by atoms with Gasteiger partial charge >= 0.3 is 12.1 Å². The highest BCUT2D eigenvalue weighted by Crippen LogP contribution is 2.30. The van der Waals surface area contributed by atoms with E-state index in [4.69, 9.17) is 9.47 Å². The molecule has 0 radical (unpaired) electrons. The van der Waals surface area contributed by atoms with Crippen LogP contribution in [0.5, 0.6) is 0 Å². The third-order valence-electron chi connectivity index (χ3n) is 6.54. The van der Waals surface area contributed by atoms with Crippen molar-refractivity contribution in [3.63, 3.8) is 0 Å². The lowest BCUT2D eigenvalue weighted by molar-refractivity contribution is -0.144. The molecular weight excluding hydrogens is 522 g/mol. The summed E-state index contributed by atoms with van der Waals surface area (Å²) in [6.45, 7) is 17.6. The normalized spacial score (nSPS) is 12.8. The molecule has 1 aromatic carbocycles. The Hall–Kier alpha value is -3.10. The summed E-state index contributed by atoms with van der Waals surface area (Å²) < 4.78 is 10.5. The van der Waals surface area contributed by atoms with Crippen molar-refractivity contribution in [2.75, 3.05) is 19.7 Å². The van der Waals surface area contributed by atoms with Crippen LogP contribution in [0.2, 0.25) is 0 Å². The van der Waals surface area contributed by atoms with Gasteiger partial charge in [0, 0.05) is 13.1 Å². The van der Waals surface area contributed by atoms with E-state index in [1.54, 1.807) is 32.6 Å². The van der Waals surface area contributed by atoms with Crippen molar-refractivity contribution < 1.29 is 28.7 Å². The van der Waals surface area contributed by atoms with E-state index in [0.29, 0.717) is 19.4 Å². The van der Waals surface area contributed by atoms with Gasteiger partial charge in [0.15, 0.2) is 0 Å². The number of carbonyl (C=O) groups excluding carboxylic acids is 4. The van der Waals surface area contributed by atoms with Crippen LogP contribution < -0.4 is 10.6 Å². The van der Waals surface area contributed by atoms with E-state index in [0.717, 1.165) is 36.0 Å². The second-order valence-electron chi connectivity index (χ2n) is 12.0. The lowest BCUT2D eigenvalue weighted by Gasteiger charge is -2.36. The number of nitrogens with zero attached hydrogens (tertiary/aromatic N) is 1. The second-order valence-corrected chi connectivity index (χ2v) is 12.0. The van der Waals surface area contributed by atoms with Gasteiger partial charge in [-0.05, 0) is 77.0 Å². The first-order valence-electron chi connectivity index (χ1n) is 15.0. The van der Waals surface area contributed by atoms with Crippen LogP contribution in [0.25, 0.3) is 0 Å². The molecule has 1 rings (SSSR count). The predicted octanol–water partition coefficient (Wildman–Crippen LogP) is 5.76. The Balaban J connectivity index is 3.54. The van der Waals surface area contributed by atoms with Crippen LogP contribution in [0.1, 0.15) is 110 Å². The van der Waals surface area contributed by atoms with E-state index in [1.165, 1.54) is 0 Å². The molecule has 0 spiro atoms. The first kappa shape index (κ1) is 35.9. The fourth-order valence-electron chi connectivity index (χ4n) is 4.72. The van der Waals surface area contributed by atoms with Crippen molar-refractivity contribution in [1.29, 1.82) is 0 Å². The quantitative estimate of drug-likeness (QED) is 0.191. The lowest BCUT2D eigenvalue weighted by atomic mass is 9.92. The Morgan fingerprint density at radius 1 is 0.976 bits per heavy atom. The van der Waals surface area contributed by atoms with Gasteiger partial charge in [-0.1, -0.05) is 58.2 Å². The Morgan fingerprint density at radius 3 is 2.15 bits per heavy atom. The van der Waals surface area contributed by atoms with Crippen molar-refractivity contribution in [2.24, 2.45) is 5.92 Å². The predicted molar refractivity (Wildman–Crippen MR) is 161 cm³/mol. The molecule has 232 valence electrons. The third-order valence-corrected chi connectivity index (χ3v) is 6.54. The zero-order valence-electron chi connectivity index (χ0n) is 26.7. The Morgan fingerprint density at radius 2 is 1.61 bits per heavy atom. The lowest BCUT2D eigenvalue weighted by Crippen LogP contribution is -2.54. The fourth-order valence-corrected chi connectivity index (χ4v) is 4.72. The van der Waals surface area contributed by atoms with Crippen molar-refractivity contribution in [1.82, 2.24) is 15.5 Å². The van der Waals surface area contributed by atoms with Crippen molar-refractivity contribution in [3.05, 3.63) is 34.9 Å². The number of ether oxygens (including phenoxy) is 2. The maximum atomic E-state index is 14.4. The molecule has 0 saturated carbocycles. The first-order valence-corrected chi connectivity index (χ1v) is 15.0. The molecule has 2 atom stereocenters. The van der Waals surface area contributed by atoms with Crippen LogP contribution in [0, 0.1) is 19.8 Å². The van der Waals surface area contributed by atoms with Crippen LogP contribution in [-0.4, -0.2) is 60.1 Å². The Kier molecular flexibility index (Phi) is 15.5. The number of hydrogen-bond donors (Lipinski definition) is 2. The van der Waals surface area contributed by atoms with Crippen molar-refractivity contribution in [3.8, 4) is 0 Å². The number of nitrogens with one attached hydrogen (secondary N) is 2. The summed E-state index contributed by atoms with van der Waals surface area (Å²) in [4.78, 5) is 54.6. The number of amides is 3. The molecule has 0 heterocycles. The van der Waals surface area contributed by atoms with Gasteiger partial charge in [0.05, 0.1) is 13.0 Å². The number of hydrogen-bond acceptors (Lipinski definition) is 6. The molecule has 1 aromatic rings. The minimum atomic E-state index is -0.942. The zero-order chi connectivity index (χ0) is 31.2. The monoisotopic (exact) mass is 575 g/mol. The van der Waals surface area contributed by atoms with Gasteiger partial charge in [0.2, 0.25) is 11.8 Å². The van der Waals surface area contributed by atoms with Gasteiger partial charge in [0.1, 0.15) is 17.7 Å². The summed E-state index contributed by atoms with van der Waals surface area (Å²) in [5.41, 5.74) is 1.77. The van der Waals surface area contributed by atoms with E-state index in [-0.39, 0.29) is 37.3 Å². The molecule has 2 N–H and O–H groups in total. The maximum Gasteiger partial charge on any atom is 0.408 e. The SMILES string of the molecule is CCCCCCN(C(=O)C(CC(C)C)NC(=O)OC(C)(C)C)C(C(=O)NCCC(=O)OCC)c1c(C)cccc1C. The number of unbranched alkanes of at least 4 members (excludes halogenated alkanes) is 3. The minimum Gasteiger partial charge on any atom is -0.466 e. The van der Waals surface area contributed by atoms with Crippen LogP contribution >= 0.6 is 0 Å². The summed E-state index contributed by atoms with van der Waals surface area (Å²) in [7, 11) is 0. The van der Waals surface area contributed by atoms with E-state index >= 15 is 0 Å². The van der Waals surface area contributed by atoms with Gasteiger partial charge in [-0.15, -0.1) is 0 Å². The Bertz CT molecular complexity index is 981. The number of alkyl carbamates (subject to hydrolysis) is 1. The maximum absolute atomic E-state index is 14.4. The van der Waals surface area contributed by atoms with Crippen LogP contribution in [-0.2, 0) is 23.9 Å². The number of carbonyl (C=O) groups is 4. The van der Waals surface area contributed by atoms with Gasteiger partial charge in [-0.25, -0.2) is 4.79 Å². The molecule has 0 aliphatic heterocycles. The third kappa shape index (κ3) is 13.0. The molecule has 0 aliphatic carbocycles. The largest absolute Gasteiger partial charge is 0.466 e. The summed E-state index contributed by atoms with van der Waals surface area (Å²) in [6, 6.07) is 3.94. The summed E-state index contributed by atoms with van der Waals surface area (Å²) in [6.07, 6.45) is 3.38. The smallest absolute Gasteiger partial charge is 0.408 e. The second kappa shape index (κ2) is 17.7. The molecule has 9 nitrogen and oxygen atoms in total.